The van der Waals surface area contributed by atoms with Crippen LogP contribution in [0.4, 0.5) is 5.69 Å². The van der Waals surface area contributed by atoms with Gasteiger partial charge in [-0.1, -0.05) is 36.4 Å². The van der Waals surface area contributed by atoms with E-state index >= 15 is 0 Å². The zero-order valence-corrected chi connectivity index (χ0v) is 16.3. The Morgan fingerprint density at radius 2 is 1.93 bits per heavy atom. The van der Waals surface area contributed by atoms with E-state index < -0.39 is 5.25 Å². The van der Waals surface area contributed by atoms with E-state index in [2.05, 4.69) is 15.5 Å². The van der Waals surface area contributed by atoms with Crippen molar-refractivity contribution < 1.29 is 18.4 Å². The number of carbonyl (C=O) groups excluding carboxylic acids is 1. The van der Waals surface area contributed by atoms with E-state index in [0.717, 1.165) is 5.56 Å². The van der Waals surface area contributed by atoms with Crippen molar-refractivity contribution in [2.75, 3.05) is 12.4 Å². The van der Waals surface area contributed by atoms with E-state index in [-0.39, 0.29) is 17.0 Å². The summed E-state index contributed by atoms with van der Waals surface area (Å²) >= 11 is 1.17. The van der Waals surface area contributed by atoms with Crippen LogP contribution in [0.15, 0.2) is 87.1 Å². The van der Waals surface area contributed by atoms with E-state index in [0.29, 0.717) is 17.2 Å². The first-order chi connectivity index (χ1) is 14.2. The Hall–Kier alpha value is -3.52. The van der Waals surface area contributed by atoms with Gasteiger partial charge in [0.25, 0.3) is 11.1 Å². The van der Waals surface area contributed by atoms with Crippen LogP contribution >= 0.6 is 11.8 Å². The number of methoxy groups -OCH3 is 1. The lowest BCUT2D eigenvalue weighted by Crippen LogP contribution is -2.19. The number of amides is 1. The number of benzene rings is 2. The van der Waals surface area contributed by atoms with Crippen molar-refractivity contribution in [3.05, 3.63) is 78.6 Å². The zero-order chi connectivity index (χ0) is 20.1. The molecule has 8 heteroatoms. The zero-order valence-electron chi connectivity index (χ0n) is 15.4. The lowest BCUT2D eigenvalue weighted by Gasteiger charge is -2.15. The number of carbonyl (C=O) groups is 1. The Bertz CT molecular complexity index is 1080. The fourth-order valence-corrected chi connectivity index (χ4v) is 3.54. The first-order valence-electron chi connectivity index (χ1n) is 8.77. The lowest BCUT2D eigenvalue weighted by molar-refractivity contribution is -0.115. The van der Waals surface area contributed by atoms with E-state index in [1.165, 1.54) is 18.0 Å². The summed E-state index contributed by atoms with van der Waals surface area (Å²) in [6.45, 7) is 0. The minimum absolute atomic E-state index is 0.216. The summed E-state index contributed by atoms with van der Waals surface area (Å²) in [7, 11) is 1.58. The highest BCUT2D eigenvalue weighted by Crippen LogP contribution is 2.36. The number of ether oxygens (including phenoxy) is 1. The molecule has 0 saturated heterocycles. The van der Waals surface area contributed by atoms with E-state index in [1.54, 1.807) is 31.4 Å². The standard InChI is InChI=1S/C21H17N3O4S/c1-26-16-10-5-9-15(13-16)22-19(25)18(14-7-3-2-4-8-14)29-21-24-23-20(28-21)17-11-6-12-27-17/h2-13,18H,1H3,(H,22,25). The van der Waals surface area contributed by atoms with E-state index in [4.69, 9.17) is 13.6 Å². The van der Waals surface area contributed by atoms with Crippen molar-refractivity contribution in [1.82, 2.24) is 10.2 Å². The SMILES string of the molecule is COc1cccc(NC(=O)C(Sc2nnc(-c3ccco3)o2)c2ccccc2)c1. The molecule has 2 aromatic carbocycles. The smallest absolute Gasteiger partial charge is 0.284 e. The summed E-state index contributed by atoms with van der Waals surface area (Å²) < 4.78 is 16.2. The molecule has 1 atom stereocenters. The van der Waals surface area contributed by atoms with Crippen LogP contribution in [0.3, 0.4) is 0 Å². The second kappa shape index (κ2) is 8.66. The van der Waals surface area contributed by atoms with Gasteiger partial charge in [0.15, 0.2) is 5.76 Å². The Labute approximate surface area is 171 Å². The van der Waals surface area contributed by atoms with Crippen LogP contribution < -0.4 is 10.1 Å². The predicted octanol–water partition coefficient (Wildman–Crippen LogP) is 4.81. The highest BCUT2D eigenvalue weighted by atomic mass is 32.2. The van der Waals surface area contributed by atoms with Gasteiger partial charge in [-0.2, -0.15) is 0 Å². The van der Waals surface area contributed by atoms with Crippen LogP contribution in [0.25, 0.3) is 11.7 Å². The maximum atomic E-state index is 13.1. The first-order valence-corrected chi connectivity index (χ1v) is 9.65. The van der Waals surface area contributed by atoms with Gasteiger partial charge in [0.05, 0.1) is 13.4 Å². The number of aromatic nitrogens is 2. The fourth-order valence-electron chi connectivity index (χ4n) is 2.67. The molecule has 0 fully saturated rings. The lowest BCUT2D eigenvalue weighted by atomic mass is 10.1. The molecule has 4 rings (SSSR count). The number of hydrogen-bond acceptors (Lipinski definition) is 7. The van der Waals surface area contributed by atoms with Crippen molar-refractivity contribution in [2.45, 2.75) is 10.5 Å². The minimum Gasteiger partial charge on any atom is -0.497 e. The van der Waals surface area contributed by atoms with Gasteiger partial charge in [-0.25, -0.2) is 0 Å². The summed E-state index contributed by atoms with van der Waals surface area (Å²) in [4.78, 5) is 13.1. The molecule has 29 heavy (non-hydrogen) atoms. The van der Waals surface area contributed by atoms with E-state index in [9.17, 15) is 4.79 Å². The Morgan fingerprint density at radius 3 is 2.69 bits per heavy atom. The van der Waals surface area contributed by atoms with Gasteiger partial charge in [0, 0.05) is 11.8 Å². The Balaban J connectivity index is 1.57. The molecule has 7 nitrogen and oxygen atoms in total. The summed E-state index contributed by atoms with van der Waals surface area (Å²) in [5.41, 5.74) is 1.45. The molecule has 0 aliphatic carbocycles. The number of thioether (sulfide) groups is 1. The molecular formula is C21H17N3O4S. The topological polar surface area (TPSA) is 90.4 Å². The van der Waals surface area contributed by atoms with Crippen LogP contribution in [-0.2, 0) is 4.79 Å². The molecule has 2 heterocycles. The van der Waals surface area contributed by atoms with Gasteiger partial charge >= 0.3 is 0 Å². The summed E-state index contributed by atoms with van der Waals surface area (Å²) in [6.07, 6.45) is 1.53. The molecule has 0 aliphatic rings. The summed E-state index contributed by atoms with van der Waals surface area (Å²) in [6, 6.07) is 20.1. The third-order valence-corrected chi connectivity index (χ3v) is 5.12. The summed E-state index contributed by atoms with van der Waals surface area (Å²) in [5, 5.41) is 10.6. The molecular weight excluding hydrogens is 390 g/mol. The molecule has 0 spiro atoms. The number of nitrogens with one attached hydrogen (secondary N) is 1. The molecule has 1 N–H and O–H groups in total. The predicted molar refractivity (Wildman–Crippen MR) is 109 cm³/mol. The normalized spacial score (nSPS) is 11.8. The Kier molecular flexibility index (Phi) is 5.62. The van der Waals surface area contributed by atoms with Crippen LogP contribution in [0.1, 0.15) is 10.8 Å². The van der Waals surface area contributed by atoms with E-state index in [1.807, 2.05) is 42.5 Å². The average Bonchev–Trinajstić information content (AvgIpc) is 3.44. The first kappa shape index (κ1) is 18.8. The number of nitrogens with zero attached hydrogens (tertiary/aromatic N) is 2. The van der Waals surface area contributed by atoms with Gasteiger partial charge in [0.2, 0.25) is 5.91 Å². The molecule has 1 unspecified atom stereocenters. The Morgan fingerprint density at radius 1 is 1.07 bits per heavy atom. The third kappa shape index (κ3) is 4.49. The fraction of sp³-hybridized carbons (Fsp3) is 0.0952. The third-order valence-electron chi connectivity index (χ3n) is 4.03. The van der Waals surface area contributed by atoms with Gasteiger partial charge in [-0.15, -0.1) is 10.2 Å². The number of anilines is 1. The minimum atomic E-state index is -0.590. The summed E-state index contributed by atoms with van der Waals surface area (Å²) in [5.74, 6) is 1.18. The van der Waals surface area contributed by atoms with Crippen LogP contribution in [0.5, 0.6) is 5.75 Å². The molecule has 4 aromatic rings. The maximum absolute atomic E-state index is 13.1. The highest BCUT2D eigenvalue weighted by molar-refractivity contribution is 8.00. The van der Waals surface area contributed by atoms with Crippen molar-refractivity contribution in [2.24, 2.45) is 0 Å². The van der Waals surface area contributed by atoms with Crippen LogP contribution in [0, 0.1) is 0 Å². The molecule has 0 bridgehead atoms. The molecule has 2 aromatic heterocycles. The maximum Gasteiger partial charge on any atom is 0.284 e. The molecule has 0 saturated carbocycles. The largest absolute Gasteiger partial charge is 0.497 e. The highest BCUT2D eigenvalue weighted by Gasteiger charge is 2.25. The van der Waals surface area contributed by atoms with Crippen molar-refractivity contribution in [3.63, 3.8) is 0 Å². The molecule has 146 valence electrons. The second-order valence-corrected chi connectivity index (χ2v) is 7.04. The number of hydrogen-bond donors (Lipinski definition) is 1. The number of rotatable bonds is 7. The van der Waals surface area contributed by atoms with Crippen LogP contribution in [0.2, 0.25) is 0 Å². The monoisotopic (exact) mass is 407 g/mol. The molecule has 1 amide bonds. The van der Waals surface area contributed by atoms with Gasteiger partial charge in [-0.3, -0.25) is 4.79 Å². The average molecular weight is 407 g/mol. The van der Waals surface area contributed by atoms with Crippen LogP contribution in [-0.4, -0.2) is 23.2 Å². The second-order valence-electron chi connectivity index (χ2n) is 5.98. The quantitative estimate of drug-likeness (QED) is 0.440. The number of furan rings is 1. The van der Waals surface area contributed by atoms with Crippen molar-refractivity contribution in [3.8, 4) is 17.4 Å². The van der Waals surface area contributed by atoms with Gasteiger partial charge in [-0.05, 0) is 41.6 Å². The van der Waals surface area contributed by atoms with Crippen molar-refractivity contribution in [1.29, 1.82) is 0 Å². The van der Waals surface area contributed by atoms with Gasteiger partial charge in [0.1, 0.15) is 11.0 Å². The van der Waals surface area contributed by atoms with Gasteiger partial charge < -0.3 is 18.9 Å². The molecule has 0 radical (unpaired) electrons. The van der Waals surface area contributed by atoms with Crippen molar-refractivity contribution >= 4 is 23.4 Å². The molecule has 0 aliphatic heterocycles.